The molecule has 0 aromatic carbocycles. The Morgan fingerprint density at radius 3 is 2.57 bits per heavy atom. The standard InChI is InChI=1S/C5H10NO4P.C3H6/c1-2-10-5(8)4(3-7)6-11-9;1-3-2/h4,7H,2-3H2,1H3,(H,6,9);3H,1H2,2H3/t4-;/m0./s1. The van der Waals surface area contributed by atoms with Crippen molar-refractivity contribution in [3.05, 3.63) is 12.7 Å². The molecular formula is C8H16NO4P. The molecule has 0 aromatic rings. The van der Waals surface area contributed by atoms with Crippen LogP contribution in [0.3, 0.4) is 0 Å². The number of aliphatic hydroxyl groups excluding tert-OH is 1. The first kappa shape index (κ1) is 15.7. The summed E-state index contributed by atoms with van der Waals surface area (Å²) in [5.41, 5.74) is 0. The molecule has 0 heterocycles. The number of ether oxygens (including phenoxy) is 1. The van der Waals surface area contributed by atoms with Crippen molar-refractivity contribution in [1.82, 2.24) is 5.09 Å². The van der Waals surface area contributed by atoms with Gasteiger partial charge in [-0.3, -0.25) is 9.36 Å². The Bertz CT molecular complexity index is 175. The molecule has 0 rings (SSSR count). The van der Waals surface area contributed by atoms with Crippen LogP contribution in [0, 0.1) is 0 Å². The summed E-state index contributed by atoms with van der Waals surface area (Å²) in [6.07, 6.45) is 1.75. The van der Waals surface area contributed by atoms with Gasteiger partial charge >= 0.3 is 5.97 Å². The molecule has 1 atom stereocenters. The Morgan fingerprint density at radius 2 is 2.29 bits per heavy atom. The average Bonchev–Trinajstić information content (AvgIpc) is 2.15. The number of aliphatic hydroxyl groups is 1. The lowest BCUT2D eigenvalue weighted by Crippen LogP contribution is -2.35. The normalized spacial score (nSPS) is 11.1. The first-order chi connectivity index (χ1) is 6.67. The molecule has 6 heteroatoms. The fraction of sp³-hybridized carbons (Fsp3) is 0.625. The second-order valence-electron chi connectivity index (χ2n) is 2.12. The van der Waals surface area contributed by atoms with Gasteiger partial charge < -0.3 is 9.84 Å². The van der Waals surface area contributed by atoms with Crippen molar-refractivity contribution in [3.63, 3.8) is 0 Å². The van der Waals surface area contributed by atoms with E-state index in [1.807, 2.05) is 6.92 Å². The van der Waals surface area contributed by atoms with Gasteiger partial charge in [0.1, 0.15) is 6.04 Å². The first-order valence-corrected chi connectivity index (χ1v) is 4.91. The van der Waals surface area contributed by atoms with Crippen molar-refractivity contribution in [3.8, 4) is 0 Å². The monoisotopic (exact) mass is 221 g/mol. The minimum Gasteiger partial charge on any atom is -0.465 e. The van der Waals surface area contributed by atoms with Crippen LogP contribution in [0.1, 0.15) is 13.8 Å². The third-order valence-electron chi connectivity index (χ3n) is 0.962. The maximum Gasteiger partial charge on any atom is 0.326 e. The molecule has 0 unspecified atom stereocenters. The maximum atomic E-state index is 10.8. The second kappa shape index (κ2) is 12.2. The molecule has 5 nitrogen and oxygen atoms in total. The summed E-state index contributed by atoms with van der Waals surface area (Å²) < 4.78 is 14.5. The van der Waals surface area contributed by atoms with Crippen LogP contribution < -0.4 is 5.09 Å². The SMILES string of the molecule is C=CC.CCOC(=O)[C@H](CO)NP=O. The van der Waals surface area contributed by atoms with Crippen LogP contribution in [0.5, 0.6) is 0 Å². The highest BCUT2D eigenvalue weighted by Crippen LogP contribution is 1.93. The predicted octanol–water partition coefficient (Wildman–Crippen LogP) is 0.899. The van der Waals surface area contributed by atoms with Gasteiger partial charge in [-0.1, -0.05) is 6.08 Å². The highest BCUT2D eigenvalue weighted by Gasteiger charge is 2.17. The number of esters is 1. The van der Waals surface area contributed by atoms with E-state index in [1.165, 1.54) is 0 Å². The second-order valence-corrected chi connectivity index (χ2v) is 2.56. The average molecular weight is 221 g/mol. The summed E-state index contributed by atoms with van der Waals surface area (Å²) >= 11 is 0. The van der Waals surface area contributed by atoms with Gasteiger partial charge in [0.2, 0.25) is 8.61 Å². The van der Waals surface area contributed by atoms with Gasteiger partial charge in [-0.25, -0.2) is 5.09 Å². The van der Waals surface area contributed by atoms with E-state index < -0.39 is 27.2 Å². The van der Waals surface area contributed by atoms with E-state index in [-0.39, 0.29) is 6.61 Å². The van der Waals surface area contributed by atoms with Crippen molar-refractivity contribution in [2.45, 2.75) is 19.9 Å². The Hall–Kier alpha value is -0.770. The van der Waals surface area contributed by atoms with Crippen LogP contribution in [0.2, 0.25) is 0 Å². The van der Waals surface area contributed by atoms with Crippen LogP contribution in [-0.4, -0.2) is 30.3 Å². The zero-order valence-corrected chi connectivity index (χ0v) is 9.29. The molecule has 14 heavy (non-hydrogen) atoms. The largest absolute Gasteiger partial charge is 0.465 e. The van der Waals surface area contributed by atoms with E-state index in [2.05, 4.69) is 16.4 Å². The van der Waals surface area contributed by atoms with Crippen LogP contribution >= 0.6 is 8.61 Å². The lowest BCUT2D eigenvalue weighted by Gasteiger charge is -2.08. The van der Waals surface area contributed by atoms with Crippen LogP contribution in [0.15, 0.2) is 12.7 Å². The third-order valence-corrected chi connectivity index (χ3v) is 1.38. The quantitative estimate of drug-likeness (QED) is 0.410. The Morgan fingerprint density at radius 1 is 1.79 bits per heavy atom. The van der Waals surface area contributed by atoms with Gasteiger partial charge in [0.25, 0.3) is 0 Å². The fourth-order valence-electron chi connectivity index (χ4n) is 0.475. The van der Waals surface area contributed by atoms with E-state index in [0.29, 0.717) is 0 Å². The maximum absolute atomic E-state index is 10.8. The summed E-state index contributed by atoms with van der Waals surface area (Å²) in [5, 5.41) is 10.8. The first-order valence-electron chi connectivity index (χ1n) is 4.10. The molecule has 0 bridgehead atoms. The Kier molecular flexibility index (Phi) is 13.7. The molecule has 0 amide bonds. The van der Waals surface area contributed by atoms with E-state index in [9.17, 15) is 9.36 Å². The predicted molar refractivity (Wildman–Crippen MR) is 54.1 cm³/mol. The van der Waals surface area contributed by atoms with Crippen molar-refractivity contribution in [2.24, 2.45) is 0 Å². The molecule has 0 radical (unpaired) electrons. The molecule has 0 aliphatic rings. The highest BCUT2D eigenvalue weighted by molar-refractivity contribution is 7.21. The minimum absolute atomic E-state index is 0.243. The summed E-state index contributed by atoms with van der Waals surface area (Å²) in [5.74, 6) is -0.599. The molecule has 0 spiro atoms. The molecule has 0 aliphatic carbocycles. The lowest BCUT2D eigenvalue weighted by molar-refractivity contribution is -0.146. The third kappa shape index (κ3) is 9.32. The molecule has 0 saturated carbocycles. The molecular weight excluding hydrogens is 205 g/mol. The van der Waals surface area contributed by atoms with Gasteiger partial charge in [0.05, 0.1) is 13.2 Å². The molecule has 0 aliphatic heterocycles. The molecule has 0 saturated heterocycles. The van der Waals surface area contributed by atoms with Gasteiger partial charge in [-0.15, -0.1) is 6.58 Å². The van der Waals surface area contributed by atoms with Crippen molar-refractivity contribution < 1.29 is 19.2 Å². The number of rotatable bonds is 5. The van der Waals surface area contributed by atoms with E-state index in [4.69, 9.17) is 5.11 Å². The van der Waals surface area contributed by atoms with Gasteiger partial charge in [0, 0.05) is 0 Å². The summed E-state index contributed by atoms with van der Waals surface area (Å²) in [4.78, 5) is 10.8. The minimum atomic E-state index is -0.894. The Balaban J connectivity index is 0. The number of carbonyl (C=O) groups is 1. The molecule has 82 valence electrons. The smallest absolute Gasteiger partial charge is 0.326 e. The molecule has 2 N–H and O–H groups in total. The van der Waals surface area contributed by atoms with Gasteiger partial charge in [-0.2, -0.15) is 0 Å². The zero-order valence-electron chi connectivity index (χ0n) is 8.40. The summed E-state index contributed by atoms with van der Waals surface area (Å²) in [6.45, 7) is 6.72. The van der Waals surface area contributed by atoms with E-state index in [0.717, 1.165) is 0 Å². The summed E-state index contributed by atoms with van der Waals surface area (Å²) in [7, 11) is -0.396. The number of allylic oxidation sites excluding steroid dienone is 1. The number of hydrogen-bond acceptors (Lipinski definition) is 4. The topological polar surface area (TPSA) is 75.6 Å². The van der Waals surface area contributed by atoms with Crippen molar-refractivity contribution >= 4 is 14.6 Å². The Labute approximate surface area is 85.4 Å². The molecule has 0 aromatic heterocycles. The van der Waals surface area contributed by atoms with Crippen LogP contribution in [-0.2, 0) is 14.1 Å². The fourth-order valence-corrected chi connectivity index (χ4v) is 0.789. The van der Waals surface area contributed by atoms with Gasteiger partial charge in [-0.05, 0) is 13.8 Å². The zero-order chi connectivity index (χ0) is 11.4. The van der Waals surface area contributed by atoms with E-state index in [1.54, 1.807) is 13.0 Å². The summed E-state index contributed by atoms with van der Waals surface area (Å²) in [6, 6.07) is -0.894. The lowest BCUT2D eigenvalue weighted by atomic mass is 10.3. The molecule has 0 fully saturated rings. The number of carbonyl (C=O) groups excluding carboxylic acids is 1. The van der Waals surface area contributed by atoms with Crippen molar-refractivity contribution in [2.75, 3.05) is 13.2 Å². The highest BCUT2D eigenvalue weighted by atomic mass is 31.1. The van der Waals surface area contributed by atoms with Crippen LogP contribution in [0.4, 0.5) is 0 Å². The van der Waals surface area contributed by atoms with E-state index >= 15 is 0 Å². The van der Waals surface area contributed by atoms with Crippen molar-refractivity contribution in [1.29, 1.82) is 0 Å². The number of nitrogens with one attached hydrogen (secondary N) is 1. The number of hydrogen-bond donors (Lipinski definition) is 2. The van der Waals surface area contributed by atoms with Gasteiger partial charge in [0.15, 0.2) is 0 Å². The van der Waals surface area contributed by atoms with Crippen LogP contribution in [0.25, 0.3) is 0 Å².